The van der Waals surface area contributed by atoms with Crippen LogP contribution < -0.4 is 5.73 Å². The summed E-state index contributed by atoms with van der Waals surface area (Å²) in [6.45, 7) is 0. The third-order valence-electron chi connectivity index (χ3n) is 3.45. The van der Waals surface area contributed by atoms with Gasteiger partial charge in [0.05, 0.1) is 5.56 Å². The average Bonchev–Trinajstić information content (AvgIpc) is 2.55. The largest absolute Gasteiger partial charge is 0.365 e. The zero-order valence-electron chi connectivity index (χ0n) is 11.7. The number of H-pyrrole nitrogens is 1. The maximum atomic E-state index is 11.8. The second kappa shape index (κ2) is 5.95. The van der Waals surface area contributed by atoms with Crippen LogP contribution in [0.25, 0.3) is 22.4 Å². The topological polar surface area (TPSA) is 58.9 Å². The van der Waals surface area contributed by atoms with Gasteiger partial charge in [-0.1, -0.05) is 72.9 Å². The first-order valence-electron chi connectivity index (χ1n) is 6.85. The predicted molar refractivity (Wildman–Crippen MR) is 91.0 cm³/mol. The van der Waals surface area contributed by atoms with Crippen LogP contribution in [0.2, 0.25) is 0 Å². The van der Waals surface area contributed by atoms with Crippen LogP contribution in [0.1, 0.15) is 10.4 Å². The summed E-state index contributed by atoms with van der Waals surface area (Å²) in [4.78, 5) is 14.9. The molecule has 0 aliphatic carbocycles. The van der Waals surface area contributed by atoms with Crippen LogP contribution in [0, 0.1) is 4.64 Å². The molecule has 0 saturated carbocycles. The van der Waals surface area contributed by atoms with Gasteiger partial charge in [0.2, 0.25) is 0 Å². The van der Waals surface area contributed by atoms with E-state index in [1.807, 2.05) is 66.7 Å². The van der Waals surface area contributed by atoms with Crippen LogP contribution in [0.15, 0.2) is 66.7 Å². The molecule has 0 atom stereocenters. The van der Waals surface area contributed by atoms with E-state index in [0.29, 0.717) is 10.2 Å². The van der Waals surface area contributed by atoms with Crippen molar-refractivity contribution in [3.8, 4) is 22.4 Å². The molecule has 1 amide bonds. The molecule has 3 nitrogen and oxygen atoms in total. The standard InChI is InChI=1S/C18H14N2OS/c19-17(21)16-14(12-7-3-1-4-8-12)11-15(20-18(16)22)13-9-5-2-6-10-13/h1-11H,(H2,19,21)(H,20,22). The minimum absolute atomic E-state index is 0.348. The molecule has 0 radical (unpaired) electrons. The Hall–Kier alpha value is -2.72. The van der Waals surface area contributed by atoms with Crippen molar-refractivity contribution in [2.24, 2.45) is 5.73 Å². The smallest absolute Gasteiger partial charge is 0.252 e. The quantitative estimate of drug-likeness (QED) is 0.713. The summed E-state index contributed by atoms with van der Waals surface area (Å²) in [5.74, 6) is -0.528. The Balaban J connectivity index is 2.29. The van der Waals surface area contributed by atoms with Crippen LogP contribution in [0.3, 0.4) is 0 Å². The summed E-state index contributed by atoms with van der Waals surface area (Å²) in [7, 11) is 0. The SMILES string of the molecule is NC(=O)c1c(-c2ccccc2)cc(-c2ccccc2)[nH]c1=S. The van der Waals surface area contributed by atoms with Crippen molar-refractivity contribution in [2.75, 3.05) is 0 Å². The van der Waals surface area contributed by atoms with Crippen LogP contribution >= 0.6 is 12.2 Å². The molecule has 2 aromatic carbocycles. The molecule has 3 N–H and O–H groups in total. The fourth-order valence-electron chi connectivity index (χ4n) is 2.42. The minimum Gasteiger partial charge on any atom is -0.365 e. The van der Waals surface area contributed by atoms with E-state index in [0.717, 1.165) is 22.4 Å². The molecular formula is C18H14N2OS. The van der Waals surface area contributed by atoms with Gasteiger partial charge in [0.25, 0.3) is 5.91 Å². The van der Waals surface area contributed by atoms with Crippen molar-refractivity contribution >= 4 is 18.1 Å². The van der Waals surface area contributed by atoms with Crippen LogP contribution in [0.4, 0.5) is 0 Å². The van der Waals surface area contributed by atoms with Crippen LogP contribution in [-0.2, 0) is 0 Å². The van der Waals surface area contributed by atoms with Gasteiger partial charge < -0.3 is 10.7 Å². The molecule has 0 bridgehead atoms. The predicted octanol–water partition coefficient (Wildman–Crippen LogP) is 4.18. The Kier molecular flexibility index (Phi) is 3.85. The zero-order chi connectivity index (χ0) is 15.5. The number of aromatic amines is 1. The molecule has 0 aliphatic rings. The minimum atomic E-state index is -0.528. The van der Waals surface area contributed by atoms with Crippen molar-refractivity contribution in [1.29, 1.82) is 0 Å². The highest BCUT2D eigenvalue weighted by Crippen LogP contribution is 2.28. The fraction of sp³-hybridized carbons (Fsp3) is 0. The summed E-state index contributed by atoms with van der Waals surface area (Å²) >= 11 is 5.35. The second-order valence-corrected chi connectivity index (χ2v) is 5.31. The Morgan fingerprint density at radius 2 is 1.45 bits per heavy atom. The van der Waals surface area contributed by atoms with Crippen LogP contribution in [0.5, 0.6) is 0 Å². The molecule has 22 heavy (non-hydrogen) atoms. The second-order valence-electron chi connectivity index (χ2n) is 4.90. The van der Waals surface area contributed by atoms with Gasteiger partial charge in [0.15, 0.2) is 0 Å². The summed E-state index contributed by atoms with van der Waals surface area (Å²) in [5.41, 5.74) is 9.38. The average molecular weight is 306 g/mol. The molecule has 0 spiro atoms. The molecule has 1 aromatic heterocycles. The maximum Gasteiger partial charge on any atom is 0.252 e. The summed E-state index contributed by atoms with van der Waals surface area (Å²) in [6, 6.07) is 21.4. The number of aromatic nitrogens is 1. The van der Waals surface area contributed by atoms with E-state index in [1.54, 1.807) is 0 Å². The van der Waals surface area contributed by atoms with Gasteiger partial charge in [-0.15, -0.1) is 0 Å². The lowest BCUT2D eigenvalue weighted by atomic mass is 9.98. The van der Waals surface area contributed by atoms with Crippen molar-refractivity contribution in [3.63, 3.8) is 0 Å². The lowest BCUT2D eigenvalue weighted by molar-refractivity contribution is 0.1000. The van der Waals surface area contributed by atoms with E-state index in [-0.39, 0.29) is 0 Å². The van der Waals surface area contributed by atoms with Crippen molar-refractivity contribution in [1.82, 2.24) is 4.98 Å². The van der Waals surface area contributed by atoms with Crippen molar-refractivity contribution in [2.45, 2.75) is 0 Å². The number of hydrogen-bond acceptors (Lipinski definition) is 2. The Labute approximate surface area is 133 Å². The maximum absolute atomic E-state index is 11.8. The summed E-state index contributed by atoms with van der Waals surface area (Å²) in [5, 5.41) is 0. The number of amides is 1. The number of rotatable bonds is 3. The lowest BCUT2D eigenvalue weighted by Gasteiger charge is -2.11. The molecule has 1 heterocycles. The van der Waals surface area contributed by atoms with Crippen molar-refractivity contribution in [3.05, 3.63) is 76.9 Å². The van der Waals surface area contributed by atoms with E-state index < -0.39 is 5.91 Å². The number of hydrogen-bond donors (Lipinski definition) is 2. The molecule has 108 valence electrons. The summed E-state index contributed by atoms with van der Waals surface area (Å²) < 4.78 is 0.354. The Morgan fingerprint density at radius 3 is 2.00 bits per heavy atom. The number of primary amides is 1. The highest BCUT2D eigenvalue weighted by Gasteiger charge is 2.14. The van der Waals surface area contributed by atoms with E-state index in [1.165, 1.54) is 0 Å². The fourth-order valence-corrected chi connectivity index (χ4v) is 2.74. The van der Waals surface area contributed by atoms with Gasteiger partial charge in [0, 0.05) is 5.69 Å². The molecule has 3 rings (SSSR count). The first kappa shape index (κ1) is 14.2. The lowest BCUT2D eigenvalue weighted by Crippen LogP contribution is -2.14. The summed E-state index contributed by atoms with van der Waals surface area (Å²) in [6.07, 6.45) is 0. The molecule has 0 fully saturated rings. The normalized spacial score (nSPS) is 10.4. The van der Waals surface area contributed by atoms with E-state index in [9.17, 15) is 4.79 Å². The number of carbonyl (C=O) groups is 1. The Morgan fingerprint density at radius 1 is 0.909 bits per heavy atom. The highest BCUT2D eigenvalue weighted by molar-refractivity contribution is 7.71. The highest BCUT2D eigenvalue weighted by atomic mass is 32.1. The van der Waals surface area contributed by atoms with Gasteiger partial charge in [-0.2, -0.15) is 0 Å². The third-order valence-corrected chi connectivity index (χ3v) is 3.76. The number of carbonyl (C=O) groups excluding carboxylic acids is 1. The van der Waals surface area contributed by atoms with Gasteiger partial charge in [-0.25, -0.2) is 0 Å². The first-order valence-corrected chi connectivity index (χ1v) is 7.25. The van der Waals surface area contributed by atoms with E-state index in [4.69, 9.17) is 18.0 Å². The zero-order valence-corrected chi connectivity index (χ0v) is 12.6. The Bertz CT molecular complexity index is 871. The third kappa shape index (κ3) is 2.69. The number of nitrogens with one attached hydrogen (secondary N) is 1. The van der Waals surface area contributed by atoms with Crippen LogP contribution in [-0.4, -0.2) is 10.9 Å². The van der Waals surface area contributed by atoms with Gasteiger partial charge in [-0.05, 0) is 22.8 Å². The number of pyridine rings is 1. The number of benzene rings is 2. The van der Waals surface area contributed by atoms with Gasteiger partial charge in [0.1, 0.15) is 4.64 Å². The molecule has 4 heteroatoms. The monoisotopic (exact) mass is 306 g/mol. The van der Waals surface area contributed by atoms with Crippen molar-refractivity contribution < 1.29 is 4.79 Å². The molecule has 0 unspecified atom stereocenters. The molecule has 3 aromatic rings. The van der Waals surface area contributed by atoms with E-state index in [2.05, 4.69) is 4.98 Å². The number of nitrogens with two attached hydrogens (primary N) is 1. The molecule has 0 aliphatic heterocycles. The van der Waals surface area contributed by atoms with Gasteiger partial charge >= 0.3 is 0 Å². The first-order chi connectivity index (χ1) is 10.7. The molecule has 0 saturated heterocycles. The van der Waals surface area contributed by atoms with Gasteiger partial charge in [-0.3, -0.25) is 4.79 Å². The molecular weight excluding hydrogens is 292 g/mol. The van der Waals surface area contributed by atoms with E-state index >= 15 is 0 Å².